The molecule has 7 nitrogen and oxygen atoms in total. The van der Waals surface area contributed by atoms with Crippen LogP contribution in [0.25, 0.3) is 0 Å². The SMILES string of the molecule is COc1ccc(C2=NOC3C(=O)N(c4ccccc4Cl)C(=O)C23)cc1OC. The summed E-state index contributed by atoms with van der Waals surface area (Å²) < 4.78 is 10.5. The molecule has 2 heterocycles. The molecule has 2 aromatic carbocycles. The number of carbonyl (C=O) groups is 2. The van der Waals surface area contributed by atoms with Gasteiger partial charge in [0.1, 0.15) is 11.6 Å². The average Bonchev–Trinajstić information content (AvgIpc) is 3.22. The van der Waals surface area contributed by atoms with E-state index in [1.807, 2.05) is 0 Å². The van der Waals surface area contributed by atoms with Crippen LogP contribution >= 0.6 is 11.6 Å². The fraction of sp³-hybridized carbons (Fsp3) is 0.211. The van der Waals surface area contributed by atoms with Gasteiger partial charge in [-0.15, -0.1) is 0 Å². The quantitative estimate of drug-likeness (QED) is 0.755. The van der Waals surface area contributed by atoms with Crippen molar-refractivity contribution in [2.75, 3.05) is 19.1 Å². The first-order valence-electron chi connectivity index (χ1n) is 8.15. The van der Waals surface area contributed by atoms with Gasteiger partial charge in [0, 0.05) is 5.56 Å². The summed E-state index contributed by atoms with van der Waals surface area (Å²) in [6.45, 7) is 0. The third-order valence-electron chi connectivity index (χ3n) is 4.58. The predicted octanol–water partition coefficient (Wildman–Crippen LogP) is 2.65. The molecule has 0 radical (unpaired) electrons. The molecular weight excluding hydrogens is 372 g/mol. The third kappa shape index (κ3) is 2.62. The van der Waals surface area contributed by atoms with Gasteiger partial charge in [-0.05, 0) is 30.3 Å². The van der Waals surface area contributed by atoms with Crippen LogP contribution in [0, 0.1) is 5.92 Å². The number of amides is 2. The van der Waals surface area contributed by atoms with E-state index in [-0.39, 0.29) is 0 Å². The van der Waals surface area contributed by atoms with E-state index in [0.29, 0.717) is 33.5 Å². The van der Waals surface area contributed by atoms with E-state index in [9.17, 15) is 9.59 Å². The summed E-state index contributed by atoms with van der Waals surface area (Å²) >= 11 is 6.17. The van der Waals surface area contributed by atoms with E-state index in [1.54, 1.807) is 42.5 Å². The fourth-order valence-electron chi connectivity index (χ4n) is 3.28. The lowest BCUT2D eigenvalue weighted by atomic mass is 9.94. The summed E-state index contributed by atoms with van der Waals surface area (Å²) in [6.07, 6.45) is -1.00. The molecule has 0 N–H and O–H groups in total. The van der Waals surface area contributed by atoms with Crippen LogP contribution in [-0.4, -0.2) is 37.8 Å². The first kappa shape index (κ1) is 17.4. The topological polar surface area (TPSA) is 77.4 Å². The van der Waals surface area contributed by atoms with Crippen LogP contribution in [0.1, 0.15) is 5.56 Å². The monoisotopic (exact) mass is 386 g/mol. The molecule has 0 spiro atoms. The smallest absolute Gasteiger partial charge is 0.279 e. The van der Waals surface area contributed by atoms with Gasteiger partial charge in [-0.2, -0.15) is 0 Å². The van der Waals surface area contributed by atoms with Crippen molar-refractivity contribution in [1.82, 2.24) is 0 Å². The van der Waals surface area contributed by atoms with Crippen molar-refractivity contribution in [3.8, 4) is 11.5 Å². The minimum Gasteiger partial charge on any atom is -0.493 e. The number of methoxy groups -OCH3 is 2. The second-order valence-corrected chi connectivity index (χ2v) is 6.42. The van der Waals surface area contributed by atoms with E-state index < -0.39 is 23.8 Å². The van der Waals surface area contributed by atoms with Gasteiger partial charge in [0.15, 0.2) is 11.5 Å². The number of oxime groups is 1. The van der Waals surface area contributed by atoms with Crippen LogP contribution in [0.15, 0.2) is 47.6 Å². The van der Waals surface area contributed by atoms with Gasteiger partial charge in [-0.1, -0.05) is 28.9 Å². The first-order chi connectivity index (χ1) is 13.1. The molecule has 4 rings (SSSR count). The second-order valence-electron chi connectivity index (χ2n) is 6.01. The number of ether oxygens (including phenoxy) is 2. The normalized spacial score (nSPS) is 21.0. The van der Waals surface area contributed by atoms with Crippen molar-refractivity contribution in [1.29, 1.82) is 0 Å². The summed E-state index contributed by atoms with van der Waals surface area (Å²) in [5.74, 6) is -0.724. The Labute approximate surface area is 160 Å². The molecular formula is C19H15ClN2O5. The Morgan fingerprint density at radius 1 is 1.04 bits per heavy atom. The standard InChI is InChI=1S/C19H15ClN2O5/c1-25-13-8-7-10(9-14(13)26-2)16-15-17(27-21-16)19(24)22(18(15)23)12-6-4-3-5-11(12)20/h3-9,15,17H,1-2H3. The number of hydrogen-bond acceptors (Lipinski definition) is 6. The number of benzene rings is 2. The Balaban J connectivity index is 1.71. The first-order valence-corrected chi connectivity index (χ1v) is 8.53. The number of para-hydroxylation sites is 1. The van der Waals surface area contributed by atoms with Crippen molar-refractivity contribution in [3.63, 3.8) is 0 Å². The lowest BCUT2D eigenvalue weighted by molar-refractivity contribution is -0.126. The number of halogens is 1. The summed E-state index contributed by atoms with van der Waals surface area (Å²) in [6, 6.07) is 11.8. The lowest BCUT2D eigenvalue weighted by Crippen LogP contribution is -2.33. The molecule has 0 aromatic heterocycles. The molecule has 0 aliphatic carbocycles. The maximum Gasteiger partial charge on any atom is 0.279 e. The van der Waals surface area contributed by atoms with Gasteiger partial charge in [0.05, 0.1) is 24.9 Å². The predicted molar refractivity (Wildman–Crippen MR) is 98.4 cm³/mol. The van der Waals surface area contributed by atoms with Gasteiger partial charge in [0.25, 0.3) is 5.91 Å². The van der Waals surface area contributed by atoms with E-state index in [2.05, 4.69) is 5.16 Å². The number of nitrogens with zero attached hydrogens (tertiary/aromatic N) is 2. The highest BCUT2D eigenvalue weighted by molar-refractivity contribution is 6.38. The van der Waals surface area contributed by atoms with Crippen LogP contribution in [0.5, 0.6) is 11.5 Å². The number of hydrogen-bond donors (Lipinski definition) is 0. The van der Waals surface area contributed by atoms with E-state index in [4.69, 9.17) is 25.9 Å². The summed E-state index contributed by atoms with van der Waals surface area (Å²) in [4.78, 5) is 32.2. The number of carbonyl (C=O) groups excluding carboxylic acids is 2. The molecule has 2 atom stereocenters. The maximum atomic E-state index is 13.0. The van der Waals surface area contributed by atoms with Crippen LogP contribution in [0.2, 0.25) is 5.02 Å². The number of imide groups is 1. The molecule has 0 saturated carbocycles. The Morgan fingerprint density at radius 2 is 1.78 bits per heavy atom. The largest absolute Gasteiger partial charge is 0.493 e. The molecule has 2 aliphatic heterocycles. The van der Waals surface area contributed by atoms with E-state index in [1.165, 1.54) is 14.2 Å². The number of rotatable bonds is 4. The van der Waals surface area contributed by atoms with Gasteiger partial charge >= 0.3 is 0 Å². The lowest BCUT2D eigenvalue weighted by Gasteiger charge is -2.16. The minimum atomic E-state index is -1.00. The molecule has 27 heavy (non-hydrogen) atoms. The molecule has 2 aliphatic rings. The molecule has 2 aromatic rings. The highest BCUT2D eigenvalue weighted by atomic mass is 35.5. The molecule has 2 unspecified atom stereocenters. The second kappa shape index (κ2) is 6.59. The zero-order valence-corrected chi connectivity index (χ0v) is 15.3. The van der Waals surface area contributed by atoms with Crippen LogP contribution in [0.4, 0.5) is 5.69 Å². The fourth-order valence-corrected chi connectivity index (χ4v) is 3.50. The maximum absolute atomic E-state index is 13.0. The number of fused-ring (bicyclic) bond motifs is 1. The van der Waals surface area contributed by atoms with Crippen molar-refractivity contribution >= 4 is 34.8 Å². The highest BCUT2D eigenvalue weighted by Gasteiger charge is 2.56. The van der Waals surface area contributed by atoms with Crippen molar-refractivity contribution in [2.24, 2.45) is 11.1 Å². The Bertz CT molecular complexity index is 974. The Hall–Kier alpha value is -3.06. The molecule has 2 amide bonds. The molecule has 1 saturated heterocycles. The third-order valence-corrected chi connectivity index (χ3v) is 4.90. The van der Waals surface area contributed by atoms with Crippen molar-refractivity contribution in [3.05, 3.63) is 53.1 Å². The van der Waals surface area contributed by atoms with Crippen LogP contribution < -0.4 is 14.4 Å². The van der Waals surface area contributed by atoms with Crippen molar-refractivity contribution < 1.29 is 23.9 Å². The van der Waals surface area contributed by atoms with E-state index in [0.717, 1.165) is 4.90 Å². The molecule has 8 heteroatoms. The zero-order valence-electron chi connectivity index (χ0n) is 14.5. The molecule has 138 valence electrons. The summed E-state index contributed by atoms with van der Waals surface area (Å²) in [5, 5.41) is 4.30. The van der Waals surface area contributed by atoms with Crippen LogP contribution in [-0.2, 0) is 14.4 Å². The summed E-state index contributed by atoms with van der Waals surface area (Å²) in [7, 11) is 3.05. The molecule has 1 fully saturated rings. The van der Waals surface area contributed by atoms with Gasteiger partial charge < -0.3 is 14.3 Å². The highest BCUT2D eigenvalue weighted by Crippen LogP contribution is 2.38. The molecule has 0 bridgehead atoms. The number of anilines is 1. The van der Waals surface area contributed by atoms with Gasteiger partial charge in [-0.3, -0.25) is 9.59 Å². The average molecular weight is 387 g/mol. The van der Waals surface area contributed by atoms with E-state index >= 15 is 0 Å². The Morgan fingerprint density at radius 3 is 2.48 bits per heavy atom. The summed E-state index contributed by atoms with van der Waals surface area (Å²) in [5.41, 5.74) is 1.31. The van der Waals surface area contributed by atoms with Gasteiger partial charge in [0.2, 0.25) is 12.0 Å². The van der Waals surface area contributed by atoms with Gasteiger partial charge in [-0.25, -0.2) is 4.90 Å². The van der Waals surface area contributed by atoms with Crippen LogP contribution in [0.3, 0.4) is 0 Å². The minimum absolute atomic E-state index is 0.309. The van der Waals surface area contributed by atoms with Crippen molar-refractivity contribution in [2.45, 2.75) is 6.10 Å². The zero-order chi connectivity index (χ0) is 19.1. The Kier molecular flexibility index (Phi) is 4.24.